The Kier molecular flexibility index (Phi) is 4.61. The van der Waals surface area contributed by atoms with Gasteiger partial charge in [-0.05, 0) is 32.3 Å². The van der Waals surface area contributed by atoms with Crippen molar-refractivity contribution in [2.75, 3.05) is 13.6 Å². The van der Waals surface area contributed by atoms with Gasteiger partial charge in [0.1, 0.15) is 6.54 Å². The molecule has 1 atom stereocenters. The van der Waals surface area contributed by atoms with E-state index in [4.69, 9.17) is 0 Å². The minimum atomic E-state index is -0.149. The lowest BCUT2D eigenvalue weighted by molar-refractivity contribution is -0.130. The maximum Gasteiger partial charge on any atom is 0.250 e. The molecule has 0 aliphatic heterocycles. The number of fused-ring (bicyclic) bond motifs is 1. The molecule has 0 saturated carbocycles. The molecule has 0 fully saturated rings. The summed E-state index contributed by atoms with van der Waals surface area (Å²) in [7, 11) is 1.81. The van der Waals surface area contributed by atoms with Gasteiger partial charge in [0.25, 0.3) is 5.56 Å². The molecule has 2 aromatic rings. The molecular weight excluding hydrogens is 310 g/mol. The lowest BCUT2D eigenvalue weighted by atomic mass is 9.90. The highest BCUT2D eigenvalue weighted by Crippen LogP contribution is 2.34. The second-order valence-electron chi connectivity index (χ2n) is 6.07. The maximum atomic E-state index is 12.4. The average molecular weight is 331 g/mol. The van der Waals surface area contributed by atoms with Crippen molar-refractivity contribution in [1.82, 2.24) is 14.5 Å². The van der Waals surface area contributed by atoms with Crippen LogP contribution in [0, 0.1) is 6.92 Å². The van der Waals surface area contributed by atoms with Gasteiger partial charge in [0.05, 0.1) is 10.7 Å². The first-order valence-electron chi connectivity index (χ1n) is 7.90. The van der Waals surface area contributed by atoms with Crippen LogP contribution in [0.3, 0.4) is 0 Å². The first kappa shape index (κ1) is 15.9. The van der Waals surface area contributed by atoms with E-state index in [9.17, 15) is 9.59 Å². The Morgan fingerprint density at radius 3 is 3.09 bits per heavy atom. The number of carbonyl (C=O) groups excluding carboxylic acids is 1. The lowest BCUT2D eigenvalue weighted by Gasteiger charge is -2.26. The molecule has 2 heterocycles. The molecule has 2 aromatic heterocycles. The Morgan fingerprint density at radius 1 is 1.48 bits per heavy atom. The first-order valence-corrected chi connectivity index (χ1v) is 8.72. The number of likely N-dealkylation sites (N-methyl/N-ethyl adjacent to an activating group) is 1. The smallest absolute Gasteiger partial charge is 0.250 e. The number of aromatic nitrogens is 2. The van der Waals surface area contributed by atoms with Gasteiger partial charge in [-0.2, -0.15) is 0 Å². The summed E-state index contributed by atoms with van der Waals surface area (Å²) in [4.78, 5) is 31.9. The average Bonchev–Trinajstić information content (AvgIpc) is 2.91. The van der Waals surface area contributed by atoms with Crippen molar-refractivity contribution in [1.29, 1.82) is 0 Å². The van der Waals surface area contributed by atoms with Gasteiger partial charge < -0.3 is 9.47 Å². The minimum Gasteiger partial charge on any atom is -0.344 e. The van der Waals surface area contributed by atoms with Gasteiger partial charge in [0.2, 0.25) is 5.91 Å². The van der Waals surface area contributed by atoms with E-state index in [0.29, 0.717) is 12.5 Å². The molecule has 1 aliphatic carbocycles. The Morgan fingerprint density at radius 2 is 2.30 bits per heavy atom. The lowest BCUT2D eigenvalue weighted by Crippen LogP contribution is -2.36. The summed E-state index contributed by atoms with van der Waals surface area (Å²) >= 11 is 1.77. The molecule has 0 saturated heterocycles. The van der Waals surface area contributed by atoms with Gasteiger partial charge in [-0.25, -0.2) is 4.98 Å². The van der Waals surface area contributed by atoms with Gasteiger partial charge >= 0.3 is 0 Å². The van der Waals surface area contributed by atoms with Crippen molar-refractivity contribution >= 4 is 17.2 Å². The van der Waals surface area contributed by atoms with Crippen LogP contribution in [-0.4, -0.2) is 34.0 Å². The third kappa shape index (κ3) is 3.52. The molecule has 3 rings (SSSR count). The van der Waals surface area contributed by atoms with Gasteiger partial charge in [0.15, 0.2) is 0 Å². The Hall–Kier alpha value is -1.95. The highest BCUT2D eigenvalue weighted by atomic mass is 32.1. The van der Waals surface area contributed by atoms with Crippen LogP contribution in [0.1, 0.15) is 34.3 Å². The fourth-order valence-electron chi connectivity index (χ4n) is 3.10. The number of hydrogen-bond donors (Lipinski definition) is 0. The van der Waals surface area contributed by atoms with Crippen LogP contribution in [0.4, 0.5) is 0 Å². The van der Waals surface area contributed by atoms with E-state index in [0.717, 1.165) is 24.3 Å². The monoisotopic (exact) mass is 331 g/mol. The number of carbonyl (C=O) groups is 1. The summed E-state index contributed by atoms with van der Waals surface area (Å²) in [6, 6.07) is 4.92. The number of rotatable bonds is 4. The number of amides is 1. The predicted octanol–water partition coefficient (Wildman–Crippen LogP) is 2.19. The molecule has 1 amide bonds. The fourth-order valence-corrected chi connectivity index (χ4v) is 4.16. The predicted molar refractivity (Wildman–Crippen MR) is 90.9 cm³/mol. The second-order valence-corrected chi connectivity index (χ2v) is 7.36. The fraction of sp³-hybridized carbons (Fsp3) is 0.471. The van der Waals surface area contributed by atoms with E-state index < -0.39 is 0 Å². The van der Waals surface area contributed by atoms with Gasteiger partial charge in [-0.15, -0.1) is 11.3 Å². The van der Waals surface area contributed by atoms with Gasteiger partial charge in [-0.3, -0.25) is 9.59 Å². The number of pyridine rings is 1. The van der Waals surface area contributed by atoms with Gasteiger partial charge in [-0.1, -0.05) is 6.07 Å². The molecule has 0 spiro atoms. The Bertz CT molecular complexity index is 765. The van der Waals surface area contributed by atoms with E-state index in [1.807, 2.05) is 14.0 Å². The first-order chi connectivity index (χ1) is 11.0. The van der Waals surface area contributed by atoms with E-state index in [1.54, 1.807) is 34.6 Å². The number of hydrogen-bond acceptors (Lipinski definition) is 4. The summed E-state index contributed by atoms with van der Waals surface area (Å²) < 4.78 is 1.44. The Labute approximate surface area is 139 Å². The second kappa shape index (κ2) is 6.66. The largest absolute Gasteiger partial charge is 0.344 e. The molecule has 0 aromatic carbocycles. The van der Waals surface area contributed by atoms with Crippen molar-refractivity contribution in [3.05, 3.63) is 50.3 Å². The van der Waals surface area contributed by atoms with Crippen LogP contribution in [0.25, 0.3) is 0 Å². The zero-order chi connectivity index (χ0) is 16.4. The van der Waals surface area contributed by atoms with Crippen LogP contribution in [0.5, 0.6) is 0 Å². The highest BCUT2D eigenvalue weighted by Gasteiger charge is 2.26. The molecule has 6 heteroatoms. The zero-order valence-corrected chi connectivity index (χ0v) is 14.3. The normalized spacial score (nSPS) is 16.9. The molecule has 0 bridgehead atoms. The number of aryl methyl sites for hydroxylation is 2. The SMILES string of the molecule is Cc1nc2c(s1)CCCC2CN(C)C(=O)Cn1ccccc1=O. The van der Waals surface area contributed by atoms with E-state index >= 15 is 0 Å². The van der Waals surface area contributed by atoms with Crippen molar-refractivity contribution in [2.45, 2.75) is 38.6 Å². The van der Waals surface area contributed by atoms with Crippen LogP contribution in [-0.2, 0) is 17.8 Å². The molecule has 122 valence electrons. The van der Waals surface area contributed by atoms with Crippen molar-refractivity contribution in [3.8, 4) is 0 Å². The summed E-state index contributed by atoms with van der Waals surface area (Å²) in [5.74, 6) is 0.266. The van der Waals surface area contributed by atoms with Crippen LogP contribution in [0.2, 0.25) is 0 Å². The summed E-state index contributed by atoms with van der Waals surface area (Å²) in [6.45, 7) is 2.79. The molecule has 0 radical (unpaired) electrons. The van der Waals surface area contributed by atoms with Crippen LogP contribution in [0.15, 0.2) is 29.2 Å². The number of thiazole rings is 1. The zero-order valence-electron chi connectivity index (χ0n) is 13.5. The van der Waals surface area contributed by atoms with E-state index in [2.05, 4.69) is 4.98 Å². The summed E-state index contributed by atoms with van der Waals surface area (Å²) in [5.41, 5.74) is 1.03. The van der Waals surface area contributed by atoms with Crippen molar-refractivity contribution < 1.29 is 4.79 Å². The topological polar surface area (TPSA) is 55.2 Å². The molecule has 0 N–H and O–H groups in total. The van der Waals surface area contributed by atoms with E-state index in [-0.39, 0.29) is 18.0 Å². The third-order valence-corrected chi connectivity index (χ3v) is 5.35. The quantitative estimate of drug-likeness (QED) is 0.863. The number of nitrogens with zero attached hydrogens (tertiary/aromatic N) is 3. The van der Waals surface area contributed by atoms with E-state index in [1.165, 1.54) is 21.2 Å². The van der Waals surface area contributed by atoms with Crippen molar-refractivity contribution in [3.63, 3.8) is 0 Å². The standard InChI is InChI=1S/C17H21N3O2S/c1-12-18-17-13(6-5-7-14(17)23-12)10-19(2)16(22)11-20-9-4-3-8-15(20)21/h3-4,8-9,13H,5-7,10-11H2,1-2H3. The highest BCUT2D eigenvalue weighted by molar-refractivity contribution is 7.11. The molecule has 5 nitrogen and oxygen atoms in total. The summed E-state index contributed by atoms with van der Waals surface area (Å²) in [6.07, 6.45) is 4.98. The molecule has 1 aliphatic rings. The maximum absolute atomic E-state index is 12.4. The third-order valence-electron chi connectivity index (χ3n) is 4.30. The summed E-state index contributed by atoms with van der Waals surface area (Å²) in [5, 5.41) is 1.10. The molecular formula is C17H21N3O2S. The molecule has 1 unspecified atom stereocenters. The molecule has 23 heavy (non-hydrogen) atoms. The Balaban J connectivity index is 1.67. The minimum absolute atomic E-state index is 0.0441. The van der Waals surface area contributed by atoms with Crippen molar-refractivity contribution in [2.24, 2.45) is 0 Å². The van der Waals surface area contributed by atoms with Gasteiger partial charge in [0, 0.05) is 36.7 Å². The van der Waals surface area contributed by atoms with Crippen LogP contribution >= 0.6 is 11.3 Å². The van der Waals surface area contributed by atoms with Crippen LogP contribution < -0.4 is 5.56 Å².